The number of carbonyl (C=O) groups excluding carboxylic acids is 1. The van der Waals surface area contributed by atoms with Crippen LogP contribution in [0.2, 0.25) is 0 Å². The standard InChI is InChI=1S/C17H34N2O3/c1-6-8-10-18(11-9-7-2)14-12-19(13-15(14)20)16(21)22-17(3,4)5/h14-15,20H,6-13H2,1-5H3/t14-,15-/m1/s1. The highest BCUT2D eigenvalue weighted by atomic mass is 16.6. The second kappa shape index (κ2) is 8.73. The maximum absolute atomic E-state index is 12.2. The Kier molecular flexibility index (Phi) is 7.63. The molecule has 1 amide bonds. The fourth-order valence-electron chi connectivity index (χ4n) is 2.77. The van der Waals surface area contributed by atoms with Gasteiger partial charge in [-0.3, -0.25) is 4.90 Å². The number of aliphatic hydroxyl groups excluding tert-OH is 1. The Morgan fingerprint density at radius 3 is 2.18 bits per heavy atom. The van der Waals surface area contributed by atoms with Gasteiger partial charge in [0.05, 0.1) is 18.7 Å². The predicted octanol–water partition coefficient (Wildman–Crippen LogP) is 2.87. The molecule has 0 spiro atoms. The Morgan fingerprint density at radius 2 is 1.73 bits per heavy atom. The number of unbranched alkanes of at least 4 members (excludes halogenated alkanes) is 2. The third-order valence-electron chi connectivity index (χ3n) is 3.98. The molecular weight excluding hydrogens is 280 g/mol. The van der Waals surface area contributed by atoms with Crippen LogP contribution >= 0.6 is 0 Å². The van der Waals surface area contributed by atoms with E-state index in [-0.39, 0.29) is 12.1 Å². The van der Waals surface area contributed by atoms with Crippen molar-refractivity contribution < 1.29 is 14.6 Å². The van der Waals surface area contributed by atoms with Crippen molar-refractivity contribution in [3.05, 3.63) is 0 Å². The van der Waals surface area contributed by atoms with Crippen molar-refractivity contribution in [2.75, 3.05) is 26.2 Å². The highest BCUT2D eigenvalue weighted by molar-refractivity contribution is 5.68. The summed E-state index contributed by atoms with van der Waals surface area (Å²) in [6.07, 6.45) is 3.72. The summed E-state index contributed by atoms with van der Waals surface area (Å²) in [5.74, 6) is 0. The summed E-state index contributed by atoms with van der Waals surface area (Å²) < 4.78 is 5.42. The van der Waals surface area contributed by atoms with Crippen molar-refractivity contribution >= 4 is 6.09 Å². The zero-order valence-electron chi connectivity index (χ0n) is 15.0. The van der Waals surface area contributed by atoms with E-state index in [4.69, 9.17) is 4.74 Å². The zero-order chi connectivity index (χ0) is 16.8. The Morgan fingerprint density at radius 1 is 1.18 bits per heavy atom. The third kappa shape index (κ3) is 6.13. The predicted molar refractivity (Wildman–Crippen MR) is 89.0 cm³/mol. The van der Waals surface area contributed by atoms with Crippen LogP contribution in [0.5, 0.6) is 0 Å². The molecule has 0 aromatic carbocycles. The lowest BCUT2D eigenvalue weighted by Crippen LogP contribution is -2.44. The van der Waals surface area contributed by atoms with Crippen LogP contribution < -0.4 is 0 Å². The topological polar surface area (TPSA) is 53.0 Å². The molecule has 22 heavy (non-hydrogen) atoms. The molecule has 0 saturated carbocycles. The van der Waals surface area contributed by atoms with Crippen molar-refractivity contribution in [1.29, 1.82) is 0 Å². The summed E-state index contributed by atoms with van der Waals surface area (Å²) in [6.45, 7) is 12.8. The lowest BCUT2D eigenvalue weighted by atomic mass is 10.1. The number of rotatable bonds is 7. The van der Waals surface area contributed by atoms with E-state index in [2.05, 4.69) is 18.7 Å². The van der Waals surface area contributed by atoms with Gasteiger partial charge >= 0.3 is 6.09 Å². The second-order valence-electron chi connectivity index (χ2n) is 7.26. The van der Waals surface area contributed by atoms with Gasteiger partial charge in [0, 0.05) is 6.54 Å². The summed E-state index contributed by atoms with van der Waals surface area (Å²) in [4.78, 5) is 16.2. The molecule has 0 aromatic rings. The number of β-amino-alcohol motifs (C(OH)–C–C–N with tert-alkyl or cyclic N) is 1. The first-order valence-electron chi connectivity index (χ1n) is 8.68. The molecule has 1 rings (SSSR count). The highest BCUT2D eigenvalue weighted by Gasteiger charge is 2.38. The molecule has 0 aliphatic carbocycles. The Balaban J connectivity index is 2.63. The minimum Gasteiger partial charge on any atom is -0.444 e. The Bertz CT molecular complexity index is 333. The van der Waals surface area contributed by atoms with Crippen LogP contribution in [0.4, 0.5) is 4.79 Å². The fourth-order valence-corrected chi connectivity index (χ4v) is 2.77. The van der Waals surface area contributed by atoms with E-state index in [0.29, 0.717) is 13.1 Å². The average molecular weight is 314 g/mol. The number of hydrogen-bond acceptors (Lipinski definition) is 4. The van der Waals surface area contributed by atoms with Crippen LogP contribution in [0.15, 0.2) is 0 Å². The van der Waals surface area contributed by atoms with Gasteiger partial charge in [-0.15, -0.1) is 0 Å². The molecule has 0 aromatic heterocycles. The molecule has 1 aliphatic heterocycles. The number of likely N-dealkylation sites (tertiary alicyclic amines) is 1. The van der Waals surface area contributed by atoms with E-state index in [1.54, 1.807) is 4.90 Å². The summed E-state index contributed by atoms with van der Waals surface area (Å²) in [6, 6.07) is 0.0330. The molecule has 5 heteroatoms. The van der Waals surface area contributed by atoms with Crippen LogP contribution in [0, 0.1) is 0 Å². The lowest BCUT2D eigenvalue weighted by Gasteiger charge is -2.30. The molecule has 1 heterocycles. The van der Waals surface area contributed by atoms with Crippen molar-refractivity contribution in [3.63, 3.8) is 0 Å². The largest absolute Gasteiger partial charge is 0.444 e. The number of nitrogens with zero attached hydrogens (tertiary/aromatic N) is 2. The maximum atomic E-state index is 12.2. The number of ether oxygens (including phenoxy) is 1. The van der Waals surface area contributed by atoms with Crippen molar-refractivity contribution in [2.45, 2.75) is 78.0 Å². The number of aliphatic hydroxyl groups is 1. The number of amides is 1. The van der Waals surface area contributed by atoms with Gasteiger partial charge in [-0.05, 0) is 46.7 Å². The molecule has 1 N–H and O–H groups in total. The molecule has 0 bridgehead atoms. The monoisotopic (exact) mass is 314 g/mol. The van der Waals surface area contributed by atoms with E-state index >= 15 is 0 Å². The minimum absolute atomic E-state index is 0.0330. The first-order valence-corrected chi connectivity index (χ1v) is 8.68. The first-order chi connectivity index (χ1) is 10.3. The van der Waals surface area contributed by atoms with Crippen molar-refractivity contribution in [1.82, 2.24) is 9.80 Å². The van der Waals surface area contributed by atoms with Gasteiger partial charge in [0.1, 0.15) is 5.60 Å². The van der Waals surface area contributed by atoms with Crippen LogP contribution in [-0.4, -0.2) is 64.9 Å². The van der Waals surface area contributed by atoms with E-state index in [0.717, 1.165) is 38.8 Å². The normalized spacial score (nSPS) is 22.4. The number of carbonyl (C=O) groups is 1. The third-order valence-corrected chi connectivity index (χ3v) is 3.98. The summed E-state index contributed by atoms with van der Waals surface area (Å²) >= 11 is 0. The second-order valence-corrected chi connectivity index (χ2v) is 7.26. The Labute approximate surface area is 135 Å². The lowest BCUT2D eigenvalue weighted by molar-refractivity contribution is 0.0269. The van der Waals surface area contributed by atoms with Crippen molar-refractivity contribution in [2.24, 2.45) is 0 Å². The van der Waals surface area contributed by atoms with Crippen LogP contribution in [-0.2, 0) is 4.74 Å². The van der Waals surface area contributed by atoms with Gasteiger partial charge in [0.25, 0.3) is 0 Å². The summed E-state index contributed by atoms with van der Waals surface area (Å²) in [5, 5.41) is 10.4. The first kappa shape index (κ1) is 19.2. The highest BCUT2D eigenvalue weighted by Crippen LogP contribution is 2.20. The molecule has 2 atom stereocenters. The smallest absolute Gasteiger partial charge is 0.410 e. The summed E-state index contributed by atoms with van der Waals surface area (Å²) in [5.41, 5.74) is -0.496. The fraction of sp³-hybridized carbons (Fsp3) is 0.941. The quantitative estimate of drug-likeness (QED) is 0.785. The van der Waals surface area contributed by atoms with Gasteiger partial charge in [0.15, 0.2) is 0 Å². The molecule has 0 unspecified atom stereocenters. The maximum Gasteiger partial charge on any atom is 0.410 e. The molecule has 130 valence electrons. The average Bonchev–Trinajstić information content (AvgIpc) is 2.79. The van der Waals surface area contributed by atoms with E-state index in [1.165, 1.54) is 0 Å². The summed E-state index contributed by atoms with van der Waals surface area (Å²) in [7, 11) is 0. The van der Waals surface area contributed by atoms with Crippen LogP contribution in [0.3, 0.4) is 0 Å². The van der Waals surface area contributed by atoms with E-state index < -0.39 is 11.7 Å². The van der Waals surface area contributed by atoms with Gasteiger partial charge in [-0.1, -0.05) is 26.7 Å². The molecule has 5 nitrogen and oxygen atoms in total. The van der Waals surface area contributed by atoms with E-state index in [9.17, 15) is 9.90 Å². The molecular formula is C17H34N2O3. The molecule has 1 saturated heterocycles. The van der Waals surface area contributed by atoms with Crippen LogP contribution in [0.1, 0.15) is 60.3 Å². The van der Waals surface area contributed by atoms with Gasteiger partial charge in [-0.2, -0.15) is 0 Å². The number of hydrogen-bond donors (Lipinski definition) is 1. The SMILES string of the molecule is CCCCN(CCCC)[C@@H]1CN(C(=O)OC(C)(C)C)C[C@H]1O. The van der Waals surface area contributed by atoms with Crippen LogP contribution in [0.25, 0.3) is 0 Å². The minimum atomic E-state index is -0.496. The van der Waals surface area contributed by atoms with Gasteiger partial charge in [-0.25, -0.2) is 4.79 Å². The van der Waals surface area contributed by atoms with Gasteiger partial charge < -0.3 is 14.7 Å². The molecule has 1 fully saturated rings. The van der Waals surface area contributed by atoms with E-state index in [1.807, 2.05) is 20.8 Å². The molecule has 1 aliphatic rings. The van der Waals surface area contributed by atoms with Gasteiger partial charge in [0.2, 0.25) is 0 Å². The zero-order valence-corrected chi connectivity index (χ0v) is 15.0. The molecule has 0 radical (unpaired) electrons. The van der Waals surface area contributed by atoms with Crippen molar-refractivity contribution in [3.8, 4) is 0 Å². The Hall–Kier alpha value is -0.810.